The van der Waals surface area contributed by atoms with Gasteiger partial charge in [-0.1, -0.05) is 18.9 Å². The summed E-state index contributed by atoms with van der Waals surface area (Å²) in [5.41, 5.74) is 0.222. The monoisotopic (exact) mass is 294 g/mol. The van der Waals surface area contributed by atoms with Gasteiger partial charge in [0.1, 0.15) is 11.6 Å². The molecule has 2 aromatic rings. The maximum absolute atomic E-state index is 13.7. The van der Waals surface area contributed by atoms with Crippen LogP contribution in [0.1, 0.15) is 19.7 Å². The largest absolute Gasteiger partial charge is 0.497 e. The summed E-state index contributed by atoms with van der Waals surface area (Å²) in [7, 11) is 1.52. The van der Waals surface area contributed by atoms with Crippen molar-refractivity contribution in [1.29, 1.82) is 0 Å². The van der Waals surface area contributed by atoms with Gasteiger partial charge < -0.3 is 19.8 Å². The first-order valence-electron chi connectivity index (χ1n) is 6.72. The fourth-order valence-corrected chi connectivity index (χ4v) is 1.69. The molecule has 0 bridgehead atoms. The fraction of sp³-hybridized carbons (Fsp3) is 0.429. The van der Waals surface area contributed by atoms with Crippen LogP contribution < -0.4 is 15.4 Å². The molecule has 114 valence electrons. The Morgan fingerprint density at radius 2 is 2.14 bits per heavy atom. The van der Waals surface area contributed by atoms with Crippen LogP contribution in [0.3, 0.4) is 0 Å². The lowest BCUT2D eigenvalue weighted by Gasteiger charge is -2.06. The number of nitrogens with one attached hydrogen (secondary N) is 2. The number of hydrogen-bond acceptors (Lipinski definition) is 6. The zero-order chi connectivity index (χ0) is 15.2. The summed E-state index contributed by atoms with van der Waals surface area (Å²) in [6.45, 7) is 5.56. The number of hydrogen-bond donors (Lipinski definition) is 2. The Morgan fingerprint density at radius 3 is 2.86 bits per heavy atom. The van der Waals surface area contributed by atoms with Crippen LogP contribution in [0.2, 0.25) is 0 Å². The average molecular weight is 294 g/mol. The lowest BCUT2D eigenvalue weighted by Crippen LogP contribution is -2.19. The van der Waals surface area contributed by atoms with Gasteiger partial charge in [-0.15, -0.1) is 5.10 Å². The first-order chi connectivity index (χ1) is 10.1. The molecule has 0 spiro atoms. The van der Waals surface area contributed by atoms with Crippen molar-refractivity contribution in [2.24, 2.45) is 5.92 Å². The van der Waals surface area contributed by atoms with Crippen LogP contribution in [0.5, 0.6) is 5.75 Å². The molecular weight excluding hydrogens is 275 g/mol. The number of methoxy groups -OCH3 is 1. The highest BCUT2D eigenvalue weighted by atomic mass is 19.1. The van der Waals surface area contributed by atoms with Gasteiger partial charge >= 0.3 is 6.01 Å². The third-order valence-electron chi connectivity index (χ3n) is 2.71. The van der Waals surface area contributed by atoms with Crippen molar-refractivity contribution in [3.05, 3.63) is 29.9 Å². The van der Waals surface area contributed by atoms with E-state index in [0.29, 0.717) is 24.1 Å². The lowest BCUT2D eigenvalue weighted by atomic mass is 10.2. The van der Waals surface area contributed by atoms with Gasteiger partial charge in [0.2, 0.25) is 5.89 Å². The van der Waals surface area contributed by atoms with E-state index in [1.807, 2.05) is 0 Å². The smallest absolute Gasteiger partial charge is 0.320 e. The minimum atomic E-state index is -0.423. The van der Waals surface area contributed by atoms with E-state index in [9.17, 15) is 4.39 Å². The van der Waals surface area contributed by atoms with Crippen LogP contribution in [-0.4, -0.2) is 23.9 Å². The van der Waals surface area contributed by atoms with E-state index in [-0.39, 0.29) is 11.7 Å². The highest BCUT2D eigenvalue weighted by Gasteiger charge is 2.10. The van der Waals surface area contributed by atoms with Crippen LogP contribution >= 0.6 is 0 Å². The Kier molecular flexibility index (Phi) is 5.10. The summed E-state index contributed by atoms with van der Waals surface area (Å²) in [5, 5.41) is 13.6. The predicted molar refractivity (Wildman–Crippen MR) is 77.1 cm³/mol. The van der Waals surface area contributed by atoms with E-state index in [1.165, 1.54) is 25.3 Å². The van der Waals surface area contributed by atoms with Gasteiger partial charge in [-0.3, -0.25) is 0 Å². The molecule has 0 amide bonds. The molecule has 1 aromatic carbocycles. The molecule has 0 saturated heterocycles. The van der Waals surface area contributed by atoms with Crippen LogP contribution in [0.4, 0.5) is 16.1 Å². The minimum absolute atomic E-state index is 0.142. The molecule has 1 heterocycles. The quantitative estimate of drug-likeness (QED) is 0.818. The van der Waals surface area contributed by atoms with Crippen molar-refractivity contribution in [3.63, 3.8) is 0 Å². The number of rotatable bonds is 7. The van der Waals surface area contributed by atoms with Gasteiger partial charge in [0.05, 0.1) is 19.3 Å². The third-order valence-corrected chi connectivity index (χ3v) is 2.71. The standard InChI is InChI=1S/C14H19FN4O2/c1-9(2)7-16-8-13-18-19-14(21-13)17-12-6-10(20-3)4-5-11(12)15/h4-6,9,16H,7-8H2,1-3H3,(H,17,19). The second-order valence-electron chi connectivity index (χ2n) is 5.00. The van der Waals surface area contributed by atoms with Crippen molar-refractivity contribution in [2.75, 3.05) is 19.0 Å². The highest BCUT2D eigenvalue weighted by Crippen LogP contribution is 2.24. The summed E-state index contributed by atoms with van der Waals surface area (Å²) < 4.78 is 24.1. The van der Waals surface area contributed by atoms with Gasteiger partial charge in [0, 0.05) is 6.07 Å². The van der Waals surface area contributed by atoms with Crippen molar-refractivity contribution in [3.8, 4) is 5.75 Å². The SMILES string of the molecule is COc1ccc(F)c(Nc2nnc(CNCC(C)C)o2)c1. The van der Waals surface area contributed by atoms with E-state index < -0.39 is 5.82 Å². The van der Waals surface area contributed by atoms with E-state index in [2.05, 4.69) is 34.7 Å². The Balaban J connectivity index is 1.99. The molecule has 21 heavy (non-hydrogen) atoms. The second-order valence-corrected chi connectivity index (χ2v) is 5.00. The van der Waals surface area contributed by atoms with Crippen molar-refractivity contribution < 1.29 is 13.5 Å². The molecule has 7 heteroatoms. The zero-order valence-electron chi connectivity index (χ0n) is 12.3. The Bertz CT molecular complexity index is 586. The molecule has 0 saturated carbocycles. The molecule has 0 unspecified atom stereocenters. The summed E-state index contributed by atoms with van der Waals surface area (Å²) in [6.07, 6.45) is 0. The third kappa shape index (κ3) is 4.42. The number of benzene rings is 1. The van der Waals surface area contributed by atoms with Crippen molar-refractivity contribution >= 4 is 11.7 Å². The Hall–Kier alpha value is -2.15. The first-order valence-corrected chi connectivity index (χ1v) is 6.72. The fourth-order valence-electron chi connectivity index (χ4n) is 1.69. The highest BCUT2D eigenvalue weighted by molar-refractivity contribution is 5.55. The molecule has 0 aliphatic heterocycles. The first kappa shape index (κ1) is 15.2. The average Bonchev–Trinajstić information content (AvgIpc) is 2.88. The normalized spacial score (nSPS) is 10.9. The maximum Gasteiger partial charge on any atom is 0.320 e. The van der Waals surface area contributed by atoms with Gasteiger partial charge in [-0.25, -0.2) is 4.39 Å². The maximum atomic E-state index is 13.7. The molecule has 1 aromatic heterocycles. The molecule has 0 aliphatic rings. The summed E-state index contributed by atoms with van der Waals surface area (Å²) >= 11 is 0. The number of ether oxygens (including phenoxy) is 1. The molecule has 2 N–H and O–H groups in total. The van der Waals surface area contributed by atoms with Gasteiger partial charge in [0.25, 0.3) is 0 Å². The van der Waals surface area contributed by atoms with Crippen LogP contribution in [-0.2, 0) is 6.54 Å². The lowest BCUT2D eigenvalue weighted by molar-refractivity contribution is 0.414. The van der Waals surface area contributed by atoms with Crippen molar-refractivity contribution in [2.45, 2.75) is 20.4 Å². The number of aromatic nitrogens is 2. The van der Waals surface area contributed by atoms with E-state index in [4.69, 9.17) is 9.15 Å². The summed E-state index contributed by atoms with van der Waals surface area (Å²) in [5.74, 6) is 1.10. The molecule has 0 radical (unpaired) electrons. The number of halogens is 1. The Labute approximate surface area is 122 Å². The molecular formula is C14H19FN4O2. The number of anilines is 2. The molecule has 0 atom stereocenters. The van der Waals surface area contributed by atoms with Crippen molar-refractivity contribution in [1.82, 2.24) is 15.5 Å². The van der Waals surface area contributed by atoms with Crippen LogP contribution in [0, 0.1) is 11.7 Å². The Morgan fingerprint density at radius 1 is 1.33 bits per heavy atom. The molecule has 2 rings (SSSR count). The molecule has 0 fully saturated rings. The van der Waals surface area contributed by atoms with E-state index >= 15 is 0 Å². The molecule has 0 aliphatic carbocycles. The zero-order valence-corrected chi connectivity index (χ0v) is 12.3. The van der Waals surface area contributed by atoms with Crippen LogP contribution in [0.25, 0.3) is 0 Å². The minimum Gasteiger partial charge on any atom is -0.497 e. The second kappa shape index (κ2) is 7.03. The van der Waals surface area contributed by atoms with E-state index in [0.717, 1.165) is 6.54 Å². The van der Waals surface area contributed by atoms with Crippen LogP contribution in [0.15, 0.2) is 22.6 Å². The summed E-state index contributed by atoms with van der Waals surface area (Å²) in [4.78, 5) is 0. The molecule has 6 nitrogen and oxygen atoms in total. The van der Waals surface area contributed by atoms with Gasteiger partial charge in [-0.05, 0) is 24.6 Å². The topological polar surface area (TPSA) is 72.2 Å². The summed E-state index contributed by atoms with van der Waals surface area (Å²) in [6, 6.07) is 4.51. The predicted octanol–water partition coefficient (Wildman–Crippen LogP) is 2.71. The van der Waals surface area contributed by atoms with Gasteiger partial charge in [0.15, 0.2) is 0 Å². The van der Waals surface area contributed by atoms with E-state index in [1.54, 1.807) is 0 Å². The number of nitrogens with zero attached hydrogens (tertiary/aromatic N) is 2. The van der Waals surface area contributed by atoms with Gasteiger partial charge in [-0.2, -0.15) is 0 Å².